The van der Waals surface area contributed by atoms with Gasteiger partial charge in [0.05, 0.1) is 0 Å². The second kappa shape index (κ2) is 6.92. The second-order valence-corrected chi connectivity index (χ2v) is 6.16. The van der Waals surface area contributed by atoms with E-state index in [4.69, 9.17) is 0 Å². The highest BCUT2D eigenvalue weighted by molar-refractivity contribution is 6.35. The summed E-state index contributed by atoms with van der Waals surface area (Å²) in [4.78, 5) is 25.9. The third-order valence-electron chi connectivity index (χ3n) is 4.33. The first-order valence-electron chi connectivity index (χ1n) is 7.76. The predicted molar refractivity (Wildman–Crippen MR) is 74.6 cm³/mol. The number of rotatable bonds is 1. The van der Waals surface area contributed by atoms with E-state index in [9.17, 15) is 9.59 Å². The van der Waals surface area contributed by atoms with Crippen molar-refractivity contribution in [2.24, 2.45) is 5.92 Å². The largest absolute Gasteiger partial charge is 0.345 e. The van der Waals surface area contributed by atoms with Crippen LogP contribution in [0, 0.1) is 5.92 Å². The minimum atomic E-state index is -0.388. The molecular formula is C15H26N2O2. The minimum absolute atomic E-state index is 0.209. The SMILES string of the molecule is CC1CCCN(C(=O)C(=O)NC2CCCCCC2)C1. The molecule has 2 aliphatic rings. The van der Waals surface area contributed by atoms with Gasteiger partial charge in [0.25, 0.3) is 0 Å². The summed E-state index contributed by atoms with van der Waals surface area (Å²) in [6.45, 7) is 3.61. The lowest BCUT2D eigenvalue weighted by atomic mass is 10.0. The van der Waals surface area contributed by atoms with Gasteiger partial charge < -0.3 is 10.2 Å². The molecule has 1 aliphatic carbocycles. The van der Waals surface area contributed by atoms with Crippen LogP contribution in [-0.2, 0) is 9.59 Å². The molecule has 108 valence electrons. The van der Waals surface area contributed by atoms with Crippen molar-refractivity contribution in [2.45, 2.75) is 64.3 Å². The average Bonchev–Trinajstić information content (AvgIpc) is 2.66. The fraction of sp³-hybridized carbons (Fsp3) is 0.867. The zero-order chi connectivity index (χ0) is 13.7. The van der Waals surface area contributed by atoms with Crippen molar-refractivity contribution in [1.82, 2.24) is 10.2 Å². The van der Waals surface area contributed by atoms with Crippen LogP contribution in [0.2, 0.25) is 0 Å². The average molecular weight is 266 g/mol. The predicted octanol–water partition coefficient (Wildman–Crippen LogP) is 2.08. The number of carbonyl (C=O) groups excluding carboxylic acids is 2. The third-order valence-corrected chi connectivity index (χ3v) is 4.33. The Kier molecular flexibility index (Phi) is 5.23. The van der Waals surface area contributed by atoms with Gasteiger partial charge >= 0.3 is 11.8 Å². The molecule has 0 aromatic rings. The molecule has 1 unspecified atom stereocenters. The van der Waals surface area contributed by atoms with Crippen LogP contribution in [0.15, 0.2) is 0 Å². The van der Waals surface area contributed by atoms with E-state index >= 15 is 0 Å². The number of nitrogens with zero attached hydrogens (tertiary/aromatic N) is 1. The monoisotopic (exact) mass is 266 g/mol. The summed E-state index contributed by atoms with van der Waals surface area (Å²) in [6, 6.07) is 0.209. The van der Waals surface area contributed by atoms with Gasteiger partial charge in [-0.2, -0.15) is 0 Å². The summed E-state index contributed by atoms with van der Waals surface area (Å²) in [6.07, 6.45) is 9.07. The summed E-state index contributed by atoms with van der Waals surface area (Å²) >= 11 is 0. The Hall–Kier alpha value is -1.06. The number of likely N-dealkylation sites (tertiary alicyclic amines) is 1. The third kappa shape index (κ3) is 4.22. The number of carbonyl (C=O) groups is 2. The van der Waals surface area contributed by atoms with E-state index in [2.05, 4.69) is 12.2 Å². The van der Waals surface area contributed by atoms with Gasteiger partial charge in [-0.3, -0.25) is 9.59 Å². The van der Waals surface area contributed by atoms with E-state index in [1.165, 1.54) is 25.7 Å². The zero-order valence-corrected chi connectivity index (χ0v) is 12.0. The summed E-state index contributed by atoms with van der Waals surface area (Å²) in [5.74, 6) is -0.194. The minimum Gasteiger partial charge on any atom is -0.345 e. The smallest absolute Gasteiger partial charge is 0.311 e. The molecule has 1 atom stereocenters. The first kappa shape index (κ1) is 14.4. The molecule has 1 saturated carbocycles. The van der Waals surface area contributed by atoms with Gasteiger partial charge in [0.1, 0.15) is 0 Å². The van der Waals surface area contributed by atoms with Crippen LogP contribution in [0.25, 0.3) is 0 Å². The Bertz CT molecular complexity index is 322. The highest BCUT2D eigenvalue weighted by Gasteiger charge is 2.27. The zero-order valence-electron chi connectivity index (χ0n) is 12.0. The molecule has 2 rings (SSSR count). The van der Waals surface area contributed by atoms with Gasteiger partial charge in [-0.05, 0) is 31.6 Å². The van der Waals surface area contributed by atoms with Gasteiger partial charge in [0, 0.05) is 19.1 Å². The fourth-order valence-corrected chi connectivity index (χ4v) is 3.19. The summed E-state index contributed by atoms with van der Waals surface area (Å²) in [5.41, 5.74) is 0. The van der Waals surface area contributed by atoms with Crippen molar-refractivity contribution in [1.29, 1.82) is 0 Å². The molecule has 2 amide bonds. The first-order chi connectivity index (χ1) is 9.16. The maximum Gasteiger partial charge on any atom is 0.311 e. The van der Waals surface area contributed by atoms with Crippen molar-refractivity contribution in [3.8, 4) is 0 Å². The number of nitrogens with one attached hydrogen (secondary N) is 1. The molecule has 0 bridgehead atoms. The molecule has 1 heterocycles. The van der Waals surface area contributed by atoms with Crippen molar-refractivity contribution >= 4 is 11.8 Å². The molecule has 0 spiro atoms. The van der Waals surface area contributed by atoms with E-state index in [1.807, 2.05) is 0 Å². The maximum atomic E-state index is 12.1. The molecule has 1 N–H and O–H groups in total. The molecule has 2 fully saturated rings. The maximum absolute atomic E-state index is 12.1. The van der Waals surface area contributed by atoms with E-state index in [0.29, 0.717) is 5.92 Å². The molecule has 4 heteroatoms. The molecule has 0 aromatic heterocycles. The summed E-state index contributed by atoms with van der Waals surface area (Å²) in [5, 5.41) is 2.94. The van der Waals surface area contributed by atoms with E-state index in [0.717, 1.165) is 38.8 Å². The molecule has 0 radical (unpaired) electrons. The number of hydrogen-bond acceptors (Lipinski definition) is 2. The van der Waals surface area contributed by atoms with Gasteiger partial charge in [0.2, 0.25) is 0 Å². The van der Waals surface area contributed by atoms with Crippen molar-refractivity contribution in [3.05, 3.63) is 0 Å². The Labute approximate surface area is 115 Å². The Morgan fingerprint density at radius 1 is 1.00 bits per heavy atom. The Balaban J connectivity index is 1.82. The van der Waals surface area contributed by atoms with Crippen LogP contribution in [0.4, 0.5) is 0 Å². The lowest BCUT2D eigenvalue weighted by Crippen LogP contribution is -2.49. The van der Waals surface area contributed by atoms with Crippen molar-refractivity contribution in [3.63, 3.8) is 0 Å². The van der Waals surface area contributed by atoms with Gasteiger partial charge in [-0.1, -0.05) is 32.6 Å². The standard InChI is InChI=1S/C15H26N2O2/c1-12-7-6-10-17(11-12)15(19)14(18)16-13-8-4-2-3-5-9-13/h12-13H,2-11H2,1H3,(H,16,18). The van der Waals surface area contributed by atoms with E-state index in [-0.39, 0.29) is 17.9 Å². The Morgan fingerprint density at radius 3 is 2.32 bits per heavy atom. The van der Waals surface area contributed by atoms with Crippen molar-refractivity contribution in [2.75, 3.05) is 13.1 Å². The molecule has 1 saturated heterocycles. The second-order valence-electron chi connectivity index (χ2n) is 6.16. The summed E-state index contributed by atoms with van der Waals surface area (Å²) in [7, 11) is 0. The van der Waals surface area contributed by atoms with Crippen LogP contribution < -0.4 is 5.32 Å². The van der Waals surface area contributed by atoms with E-state index < -0.39 is 0 Å². The molecular weight excluding hydrogens is 240 g/mol. The quantitative estimate of drug-likeness (QED) is 0.583. The van der Waals surface area contributed by atoms with E-state index in [1.54, 1.807) is 4.90 Å². The first-order valence-corrected chi connectivity index (χ1v) is 7.76. The normalized spacial score (nSPS) is 25.7. The molecule has 1 aliphatic heterocycles. The fourth-order valence-electron chi connectivity index (χ4n) is 3.19. The molecule has 4 nitrogen and oxygen atoms in total. The van der Waals surface area contributed by atoms with Gasteiger partial charge in [-0.25, -0.2) is 0 Å². The highest BCUT2D eigenvalue weighted by Crippen LogP contribution is 2.18. The van der Waals surface area contributed by atoms with Crippen molar-refractivity contribution < 1.29 is 9.59 Å². The summed E-state index contributed by atoms with van der Waals surface area (Å²) < 4.78 is 0. The number of amides is 2. The lowest BCUT2D eigenvalue weighted by Gasteiger charge is -2.30. The van der Waals surface area contributed by atoms with Crippen LogP contribution in [0.5, 0.6) is 0 Å². The Morgan fingerprint density at radius 2 is 1.68 bits per heavy atom. The van der Waals surface area contributed by atoms with Crippen LogP contribution in [0.3, 0.4) is 0 Å². The topological polar surface area (TPSA) is 49.4 Å². The number of piperidine rings is 1. The van der Waals surface area contributed by atoms with Crippen LogP contribution in [0.1, 0.15) is 58.3 Å². The lowest BCUT2D eigenvalue weighted by molar-refractivity contribution is -0.147. The van der Waals surface area contributed by atoms with Gasteiger partial charge in [-0.15, -0.1) is 0 Å². The molecule has 19 heavy (non-hydrogen) atoms. The highest BCUT2D eigenvalue weighted by atomic mass is 16.2. The molecule has 0 aromatic carbocycles. The van der Waals surface area contributed by atoms with Crippen LogP contribution >= 0.6 is 0 Å². The van der Waals surface area contributed by atoms with Crippen LogP contribution in [-0.4, -0.2) is 35.8 Å². The van der Waals surface area contributed by atoms with Gasteiger partial charge in [0.15, 0.2) is 0 Å². The number of hydrogen-bond donors (Lipinski definition) is 1.